The topological polar surface area (TPSA) is 54.9 Å². The molecule has 0 radical (unpaired) electrons. The molecule has 2 aromatic rings. The normalized spacial score (nSPS) is 12.4. The minimum absolute atomic E-state index is 0.00906. The fourth-order valence-corrected chi connectivity index (χ4v) is 3.07. The zero-order valence-electron chi connectivity index (χ0n) is 13.6. The van der Waals surface area contributed by atoms with Crippen LogP contribution in [0.4, 0.5) is 0 Å². The molecule has 1 heterocycles. The van der Waals surface area contributed by atoms with E-state index in [1.807, 2.05) is 6.92 Å². The molecule has 118 valence electrons. The summed E-state index contributed by atoms with van der Waals surface area (Å²) in [7, 11) is 0. The smallest absolute Gasteiger partial charge is 0.265 e. The van der Waals surface area contributed by atoms with E-state index in [9.17, 15) is 4.79 Å². The van der Waals surface area contributed by atoms with Crippen molar-refractivity contribution < 1.29 is 4.79 Å². The third-order valence-electron chi connectivity index (χ3n) is 3.80. The molecular formula is C17H23N3OS. The van der Waals surface area contributed by atoms with Gasteiger partial charge < -0.3 is 5.32 Å². The summed E-state index contributed by atoms with van der Waals surface area (Å²) in [4.78, 5) is 13.1. The second kappa shape index (κ2) is 7.49. The molecule has 0 bridgehead atoms. The first kappa shape index (κ1) is 16.6. The lowest BCUT2D eigenvalue weighted by molar-refractivity contribution is 0.0928. The molecule has 1 unspecified atom stereocenters. The lowest BCUT2D eigenvalue weighted by Gasteiger charge is -2.23. The molecule has 5 heteroatoms. The van der Waals surface area contributed by atoms with Gasteiger partial charge in [0.2, 0.25) is 0 Å². The third-order valence-corrected chi connectivity index (χ3v) is 4.56. The molecule has 2 rings (SSSR count). The van der Waals surface area contributed by atoms with E-state index in [0.29, 0.717) is 10.8 Å². The minimum atomic E-state index is -0.0786. The number of benzene rings is 1. The van der Waals surface area contributed by atoms with Crippen LogP contribution in [-0.4, -0.2) is 15.5 Å². The van der Waals surface area contributed by atoms with Gasteiger partial charge in [0.05, 0.1) is 11.7 Å². The summed E-state index contributed by atoms with van der Waals surface area (Å²) in [6.45, 7) is 8.35. The summed E-state index contributed by atoms with van der Waals surface area (Å²) in [5, 5.41) is 7.15. The van der Waals surface area contributed by atoms with E-state index in [-0.39, 0.29) is 11.9 Å². The molecule has 1 amide bonds. The molecule has 0 spiro atoms. The molecule has 0 aliphatic carbocycles. The summed E-state index contributed by atoms with van der Waals surface area (Å²) >= 11 is 1.16. The Morgan fingerprint density at radius 2 is 1.86 bits per heavy atom. The first-order valence-corrected chi connectivity index (χ1v) is 8.55. The Kier molecular flexibility index (Phi) is 5.66. The van der Waals surface area contributed by atoms with Crippen LogP contribution in [0.25, 0.3) is 0 Å². The molecule has 22 heavy (non-hydrogen) atoms. The largest absolute Gasteiger partial charge is 0.344 e. The number of aryl methyl sites for hydroxylation is 2. The van der Waals surface area contributed by atoms with E-state index in [2.05, 4.69) is 59.9 Å². The zero-order chi connectivity index (χ0) is 16.1. The molecule has 0 saturated carbocycles. The Hall–Kier alpha value is -1.75. The van der Waals surface area contributed by atoms with Gasteiger partial charge >= 0.3 is 0 Å². The molecule has 0 aliphatic rings. The van der Waals surface area contributed by atoms with Crippen molar-refractivity contribution in [3.05, 3.63) is 46.0 Å². The molecule has 4 nitrogen and oxygen atoms in total. The van der Waals surface area contributed by atoms with Crippen LogP contribution in [0.5, 0.6) is 0 Å². The average Bonchev–Trinajstić information content (AvgIpc) is 3.01. The molecule has 0 aliphatic heterocycles. The number of hydrogen-bond donors (Lipinski definition) is 1. The Bertz CT molecular complexity index is 619. The maximum Gasteiger partial charge on any atom is 0.265 e. The number of carbonyl (C=O) groups is 1. The van der Waals surface area contributed by atoms with E-state index in [0.717, 1.165) is 35.6 Å². The highest BCUT2D eigenvalue weighted by atomic mass is 32.1. The number of rotatable bonds is 6. The standard InChI is InChI=1S/C17H23N3OS/c1-5-12-7-9-13(10-8-12)15(11(3)4)18-17(21)16-14(6-2)19-20-22-16/h7-11,15H,5-6H2,1-4H3,(H,18,21). The number of hydrogen-bond acceptors (Lipinski definition) is 4. The summed E-state index contributed by atoms with van der Waals surface area (Å²) in [5.41, 5.74) is 3.21. The highest BCUT2D eigenvalue weighted by Crippen LogP contribution is 2.23. The van der Waals surface area contributed by atoms with Crippen molar-refractivity contribution in [2.75, 3.05) is 0 Å². The molecule has 1 N–H and O–H groups in total. The first-order chi connectivity index (χ1) is 10.6. The molecule has 1 atom stereocenters. The number of carbonyl (C=O) groups excluding carboxylic acids is 1. The maximum atomic E-state index is 12.5. The summed E-state index contributed by atoms with van der Waals surface area (Å²) in [6, 6.07) is 8.46. The molecule has 0 fully saturated rings. The zero-order valence-corrected chi connectivity index (χ0v) is 14.4. The SMILES string of the molecule is CCc1ccc(C(NC(=O)c2snnc2CC)C(C)C)cc1. The van der Waals surface area contributed by atoms with Gasteiger partial charge in [-0.05, 0) is 41.4 Å². The Morgan fingerprint density at radius 1 is 1.18 bits per heavy atom. The van der Waals surface area contributed by atoms with Gasteiger partial charge in [0.1, 0.15) is 4.88 Å². The van der Waals surface area contributed by atoms with Crippen molar-refractivity contribution in [3.8, 4) is 0 Å². The van der Waals surface area contributed by atoms with Crippen LogP contribution < -0.4 is 5.32 Å². The van der Waals surface area contributed by atoms with Gasteiger partial charge in [-0.25, -0.2) is 0 Å². The van der Waals surface area contributed by atoms with Crippen LogP contribution in [-0.2, 0) is 12.8 Å². The van der Waals surface area contributed by atoms with Gasteiger partial charge in [-0.15, -0.1) is 5.10 Å². The summed E-state index contributed by atoms with van der Waals surface area (Å²) in [5.74, 6) is 0.229. The van der Waals surface area contributed by atoms with Crippen LogP contribution in [0.1, 0.15) is 60.2 Å². The van der Waals surface area contributed by atoms with Crippen LogP contribution in [0.2, 0.25) is 0 Å². The lowest BCUT2D eigenvalue weighted by atomic mass is 9.94. The van der Waals surface area contributed by atoms with Crippen molar-refractivity contribution in [1.82, 2.24) is 14.9 Å². The second-order valence-corrected chi connectivity index (χ2v) is 6.45. The molecule has 0 saturated heterocycles. The van der Waals surface area contributed by atoms with Crippen LogP contribution in [0, 0.1) is 5.92 Å². The van der Waals surface area contributed by atoms with E-state index in [1.54, 1.807) is 0 Å². The van der Waals surface area contributed by atoms with Crippen molar-refractivity contribution in [1.29, 1.82) is 0 Å². The average molecular weight is 317 g/mol. The Balaban J connectivity index is 2.19. The summed E-state index contributed by atoms with van der Waals surface area (Å²) < 4.78 is 3.89. The number of nitrogens with one attached hydrogen (secondary N) is 1. The quantitative estimate of drug-likeness (QED) is 0.882. The number of aromatic nitrogens is 2. The third kappa shape index (κ3) is 3.71. The van der Waals surface area contributed by atoms with Gasteiger partial charge in [0.15, 0.2) is 0 Å². The van der Waals surface area contributed by atoms with E-state index in [1.165, 1.54) is 5.56 Å². The molecule has 1 aromatic heterocycles. The van der Waals surface area contributed by atoms with Gasteiger partial charge in [-0.1, -0.05) is 56.4 Å². The maximum absolute atomic E-state index is 12.5. The lowest BCUT2D eigenvalue weighted by Crippen LogP contribution is -2.31. The highest BCUT2D eigenvalue weighted by Gasteiger charge is 2.22. The van der Waals surface area contributed by atoms with Gasteiger partial charge in [0, 0.05) is 0 Å². The van der Waals surface area contributed by atoms with E-state index in [4.69, 9.17) is 0 Å². The predicted molar refractivity (Wildman–Crippen MR) is 90.2 cm³/mol. The molecule has 1 aromatic carbocycles. The monoisotopic (exact) mass is 317 g/mol. The van der Waals surface area contributed by atoms with Crippen LogP contribution >= 0.6 is 11.5 Å². The fourth-order valence-electron chi connectivity index (χ4n) is 2.41. The van der Waals surface area contributed by atoms with Crippen molar-refractivity contribution in [3.63, 3.8) is 0 Å². The van der Waals surface area contributed by atoms with E-state index >= 15 is 0 Å². The first-order valence-electron chi connectivity index (χ1n) is 7.77. The molecular weight excluding hydrogens is 294 g/mol. The fraction of sp³-hybridized carbons (Fsp3) is 0.471. The van der Waals surface area contributed by atoms with Crippen molar-refractivity contribution >= 4 is 17.4 Å². The van der Waals surface area contributed by atoms with Gasteiger partial charge in [0.25, 0.3) is 5.91 Å². The number of nitrogens with zero attached hydrogens (tertiary/aromatic N) is 2. The summed E-state index contributed by atoms with van der Waals surface area (Å²) in [6.07, 6.45) is 1.74. The second-order valence-electron chi connectivity index (χ2n) is 5.69. The number of amides is 1. The van der Waals surface area contributed by atoms with Crippen LogP contribution in [0.3, 0.4) is 0 Å². The minimum Gasteiger partial charge on any atom is -0.344 e. The van der Waals surface area contributed by atoms with E-state index < -0.39 is 0 Å². The van der Waals surface area contributed by atoms with Crippen LogP contribution in [0.15, 0.2) is 24.3 Å². The van der Waals surface area contributed by atoms with Gasteiger partial charge in [-0.3, -0.25) is 4.79 Å². The van der Waals surface area contributed by atoms with Crippen molar-refractivity contribution in [2.45, 2.75) is 46.6 Å². The Labute approximate surface area is 136 Å². The Morgan fingerprint density at radius 3 is 2.41 bits per heavy atom. The predicted octanol–water partition coefficient (Wildman–Crippen LogP) is 3.79. The highest BCUT2D eigenvalue weighted by molar-refractivity contribution is 7.08. The van der Waals surface area contributed by atoms with Gasteiger partial charge in [-0.2, -0.15) is 0 Å². The van der Waals surface area contributed by atoms with Crippen molar-refractivity contribution in [2.24, 2.45) is 5.92 Å².